The minimum absolute atomic E-state index is 0.0799. The van der Waals surface area contributed by atoms with Crippen LogP contribution < -0.4 is 4.74 Å². The second-order valence-corrected chi connectivity index (χ2v) is 13.0. The topological polar surface area (TPSA) is 97.8 Å². The fourth-order valence-corrected chi connectivity index (χ4v) is 6.26. The van der Waals surface area contributed by atoms with E-state index >= 15 is 0 Å². The quantitative estimate of drug-likeness (QED) is 0.449. The Labute approximate surface area is 238 Å². The molecule has 0 radical (unpaired) electrons. The third-order valence-corrected chi connectivity index (χ3v) is 8.10. The number of para-hydroxylation sites is 1. The van der Waals surface area contributed by atoms with Crippen molar-refractivity contribution in [3.63, 3.8) is 0 Å². The largest absolute Gasteiger partial charge is 0.504 e. The van der Waals surface area contributed by atoms with Gasteiger partial charge in [0, 0.05) is 43.1 Å². The number of fused-ring (bicyclic) bond motifs is 3. The summed E-state index contributed by atoms with van der Waals surface area (Å²) in [6.45, 7) is 15.7. The molecule has 1 aromatic carbocycles. The molecule has 9 nitrogen and oxygen atoms in total. The average Bonchev–Trinajstić information content (AvgIpc) is 3.04. The molecule has 9 heteroatoms. The zero-order valence-electron chi connectivity index (χ0n) is 25.1. The van der Waals surface area contributed by atoms with Gasteiger partial charge in [0.05, 0.1) is 19.3 Å². The number of benzene rings is 1. The van der Waals surface area contributed by atoms with Crippen LogP contribution in [0.1, 0.15) is 79.4 Å². The van der Waals surface area contributed by atoms with Gasteiger partial charge in [-0.1, -0.05) is 23.8 Å². The molecular weight excluding hydrogens is 512 g/mol. The molecule has 3 aliphatic rings. The van der Waals surface area contributed by atoms with Crippen LogP contribution in [-0.4, -0.2) is 77.7 Å². The first-order chi connectivity index (χ1) is 18.8. The Morgan fingerprint density at radius 1 is 1.15 bits per heavy atom. The van der Waals surface area contributed by atoms with Crippen molar-refractivity contribution in [3.05, 3.63) is 35.4 Å². The van der Waals surface area contributed by atoms with E-state index in [1.54, 1.807) is 22.8 Å². The lowest BCUT2D eigenvalue weighted by atomic mass is 9.65. The van der Waals surface area contributed by atoms with E-state index in [2.05, 4.69) is 26.8 Å². The van der Waals surface area contributed by atoms with Crippen molar-refractivity contribution < 1.29 is 33.6 Å². The molecule has 1 unspecified atom stereocenters. The van der Waals surface area contributed by atoms with Crippen LogP contribution in [0.2, 0.25) is 0 Å². The molecule has 2 fully saturated rings. The number of carbonyl (C=O) groups is 2. The van der Waals surface area contributed by atoms with E-state index in [0.29, 0.717) is 45.0 Å². The van der Waals surface area contributed by atoms with Crippen LogP contribution in [0.15, 0.2) is 29.8 Å². The molecule has 2 saturated heterocycles. The van der Waals surface area contributed by atoms with E-state index in [-0.39, 0.29) is 24.4 Å². The molecule has 1 spiro atoms. The second kappa shape index (κ2) is 11.5. The van der Waals surface area contributed by atoms with Crippen LogP contribution in [0, 0.1) is 11.3 Å². The number of ether oxygens (including phenoxy) is 4. The zero-order chi connectivity index (χ0) is 29.3. The Balaban J connectivity index is 1.71. The summed E-state index contributed by atoms with van der Waals surface area (Å²) < 4.78 is 24.5. The van der Waals surface area contributed by atoms with Crippen molar-refractivity contribution >= 4 is 12.2 Å². The summed E-state index contributed by atoms with van der Waals surface area (Å²) in [6, 6.07) is 5.40. The summed E-state index contributed by atoms with van der Waals surface area (Å²) in [5, 5.41) is 10.7. The number of allylic oxidation sites excluding steroid dienone is 2. The number of phenols is 1. The summed E-state index contributed by atoms with van der Waals surface area (Å²) in [7, 11) is 0. The molecule has 2 amide bonds. The number of nitrogens with zero attached hydrogens (tertiary/aromatic N) is 2. The highest BCUT2D eigenvalue weighted by Crippen LogP contribution is 2.56. The molecule has 0 aromatic heterocycles. The maximum Gasteiger partial charge on any atom is 0.410 e. The van der Waals surface area contributed by atoms with Crippen molar-refractivity contribution in [2.75, 3.05) is 39.4 Å². The molecule has 222 valence electrons. The maximum absolute atomic E-state index is 13.3. The van der Waals surface area contributed by atoms with Gasteiger partial charge in [0.25, 0.3) is 0 Å². The Morgan fingerprint density at radius 3 is 2.45 bits per heavy atom. The Morgan fingerprint density at radius 2 is 1.82 bits per heavy atom. The predicted molar refractivity (Wildman–Crippen MR) is 151 cm³/mol. The zero-order valence-corrected chi connectivity index (χ0v) is 25.1. The molecule has 0 bridgehead atoms. The third-order valence-electron chi connectivity index (χ3n) is 8.10. The molecule has 1 aromatic rings. The summed E-state index contributed by atoms with van der Waals surface area (Å²) in [4.78, 5) is 29.7. The predicted octanol–water partition coefficient (Wildman–Crippen LogP) is 6.06. The molecule has 40 heavy (non-hydrogen) atoms. The smallest absolute Gasteiger partial charge is 0.410 e. The number of aromatic hydroxyl groups is 1. The third kappa shape index (κ3) is 6.51. The van der Waals surface area contributed by atoms with Crippen molar-refractivity contribution in [3.8, 4) is 11.5 Å². The van der Waals surface area contributed by atoms with Gasteiger partial charge in [-0.25, -0.2) is 9.59 Å². The van der Waals surface area contributed by atoms with Gasteiger partial charge < -0.3 is 33.9 Å². The molecule has 4 rings (SSSR count). The highest BCUT2D eigenvalue weighted by molar-refractivity contribution is 5.70. The van der Waals surface area contributed by atoms with Gasteiger partial charge in [-0.15, -0.1) is 0 Å². The van der Waals surface area contributed by atoms with Crippen LogP contribution in [0.3, 0.4) is 0 Å². The number of rotatable bonds is 4. The Kier molecular flexibility index (Phi) is 8.64. The lowest BCUT2D eigenvalue weighted by Gasteiger charge is -2.54. The first kappa shape index (κ1) is 30.0. The molecule has 3 aliphatic heterocycles. The normalized spacial score (nSPS) is 28.1. The molecule has 3 heterocycles. The van der Waals surface area contributed by atoms with Crippen LogP contribution in [0.4, 0.5) is 9.59 Å². The van der Waals surface area contributed by atoms with Crippen molar-refractivity contribution in [2.24, 2.45) is 11.3 Å². The lowest BCUT2D eigenvalue weighted by molar-refractivity contribution is -0.175. The Bertz CT molecular complexity index is 1130. The highest BCUT2D eigenvalue weighted by atomic mass is 16.6. The van der Waals surface area contributed by atoms with Crippen LogP contribution in [0.5, 0.6) is 11.5 Å². The number of amides is 2. The first-order valence-corrected chi connectivity index (χ1v) is 14.4. The van der Waals surface area contributed by atoms with E-state index in [4.69, 9.17) is 18.9 Å². The van der Waals surface area contributed by atoms with Gasteiger partial charge in [-0.2, -0.15) is 0 Å². The summed E-state index contributed by atoms with van der Waals surface area (Å²) in [5.41, 5.74) is 0.222. The van der Waals surface area contributed by atoms with E-state index in [1.165, 1.54) is 5.57 Å². The molecular formula is C31H46N2O7. The lowest BCUT2D eigenvalue weighted by Crippen LogP contribution is -2.57. The number of hydrogen-bond donors (Lipinski definition) is 1. The van der Waals surface area contributed by atoms with Gasteiger partial charge in [0.1, 0.15) is 11.2 Å². The maximum atomic E-state index is 13.3. The number of carbonyl (C=O) groups excluding carboxylic acids is 2. The van der Waals surface area contributed by atoms with Crippen molar-refractivity contribution in [1.82, 2.24) is 9.80 Å². The van der Waals surface area contributed by atoms with Crippen LogP contribution in [0.25, 0.3) is 0 Å². The Hall–Kier alpha value is -2.94. The number of hydrogen-bond acceptors (Lipinski definition) is 7. The minimum Gasteiger partial charge on any atom is -0.504 e. The molecule has 1 N–H and O–H groups in total. The van der Waals surface area contributed by atoms with Gasteiger partial charge in [0.15, 0.2) is 11.5 Å². The van der Waals surface area contributed by atoms with Gasteiger partial charge in [-0.05, 0) is 73.8 Å². The number of phenolic OH excluding ortho intramolecular Hbond substituents is 1. The van der Waals surface area contributed by atoms with Gasteiger partial charge >= 0.3 is 12.2 Å². The van der Waals surface area contributed by atoms with E-state index < -0.39 is 28.8 Å². The summed E-state index contributed by atoms with van der Waals surface area (Å²) in [6.07, 6.45) is 3.32. The summed E-state index contributed by atoms with van der Waals surface area (Å²) in [5.74, 6) is 0.500. The van der Waals surface area contributed by atoms with Crippen molar-refractivity contribution in [2.45, 2.75) is 85.0 Å². The van der Waals surface area contributed by atoms with E-state index in [9.17, 15) is 14.7 Å². The fraction of sp³-hybridized carbons (Fsp3) is 0.677. The van der Waals surface area contributed by atoms with Crippen LogP contribution in [-0.2, 0) is 14.2 Å². The van der Waals surface area contributed by atoms with Crippen LogP contribution >= 0.6 is 0 Å². The monoisotopic (exact) mass is 558 g/mol. The van der Waals surface area contributed by atoms with E-state index in [1.807, 2.05) is 32.9 Å². The van der Waals surface area contributed by atoms with Crippen molar-refractivity contribution in [1.29, 1.82) is 0 Å². The molecule has 0 aliphatic carbocycles. The minimum atomic E-state index is -0.645. The average molecular weight is 559 g/mol. The fourth-order valence-electron chi connectivity index (χ4n) is 6.26. The molecule has 0 saturated carbocycles. The highest BCUT2D eigenvalue weighted by Gasteiger charge is 2.56. The molecule has 4 atom stereocenters. The summed E-state index contributed by atoms with van der Waals surface area (Å²) >= 11 is 0. The first-order valence-electron chi connectivity index (χ1n) is 14.4. The van der Waals surface area contributed by atoms with Gasteiger partial charge in [-0.3, -0.25) is 0 Å². The van der Waals surface area contributed by atoms with Gasteiger partial charge in [0.2, 0.25) is 0 Å². The SMILES string of the molecule is CCOC(=O)N1CCN(C(=O)OC(C)(C)C)CC2(CO[C@H]3c4cccc(O)c4O[C@@](C)(CCC=C(C)C)[C@@H]3C2)C1. The second-order valence-electron chi connectivity index (χ2n) is 13.0. The standard InChI is InChI=1S/C31H46N2O7/c1-8-37-27(35)32-15-16-33(28(36)40-29(4,5)6)19-31(18-32)17-23-25(38-20-31)22-12-9-13-24(34)26(22)39-30(23,7)14-10-11-21(2)3/h9,11-13,23,25,34H,8,10,14-20H2,1-7H3/t23-,25+,30+,31?/m1/s1. The van der Waals surface area contributed by atoms with E-state index in [0.717, 1.165) is 18.4 Å².